The lowest BCUT2D eigenvalue weighted by Crippen LogP contribution is -1.99. The molecule has 0 bridgehead atoms. The van der Waals surface area contributed by atoms with Gasteiger partial charge >= 0.3 is 0 Å². The van der Waals surface area contributed by atoms with E-state index in [1.807, 2.05) is 0 Å². The summed E-state index contributed by atoms with van der Waals surface area (Å²) in [5.74, 6) is -1.11. The van der Waals surface area contributed by atoms with E-state index in [9.17, 15) is 13.2 Å². The summed E-state index contributed by atoms with van der Waals surface area (Å²) in [5, 5.41) is 0. The fourth-order valence-corrected chi connectivity index (χ4v) is 0.949. The molecule has 6 heteroatoms. The van der Waals surface area contributed by atoms with Gasteiger partial charge in [0.1, 0.15) is 5.69 Å². The molecule has 0 spiro atoms. The summed E-state index contributed by atoms with van der Waals surface area (Å²) < 4.78 is 36.6. The fraction of sp³-hybridized carbons (Fsp3) is 0.167. The van der Waals surface area contributed by atoms with E-state index < -0.39 is 17.9 Å². The highest BCUT2D eigenvalue weighted by molar-refractivity contribution is 9.10. The highest BCUT2D eigenvalue weighted by Gasteiger charge is 2.18. The van der Waals surface area contributed by atoms with E-state index in [1.54, 1.807) is 0 Å². The van der Waals surface area contributed by atoms with Crippen molar-refractivity contribution in [3.63, 3.8) is 0 Å². The lowest BCUT2D eigenvalue weighted by Gasteiger charge is -2.03. The summed E-state index contributed by atoms with van der Waals surface area (Å²) in [6.07, 6.45) is -1.95. The van der Waals surface area contributed by atoms with Crippen molar-refractivity contribution in [3.05, 3.63) is 22.2 Å². The lowest BCUT2D eigenvalue weighted by molar-refractivity contribution is 0.140. The summed E-state index contributed by atoms with van der Waals surface area (Å²) >= 11 is 2.72. The third-order valence-corrected chi connectivity index (χ3v) is 2.03. The first-order valence-electron chi connectivity index (χ1n) is 2.91. The molecule has 0 aliphatic heterocycles. The zero-order valence-corrected chi connectivity index (χ0v) is 7.28. The van der Waals surface area contributed by atoms with E-state index in [0.717, 1.165) is 6.20 Å². The van der Waals surface area contributed by atoms with Crippen molar-refractivity contribution in [3.8, 4) is 0 Å². The van der Waals surface area contributed by atoms with E-state index in [2.05, 4.69) is 20.9 Å². The Labute approximate surface area is 74.7 Å². The molecule has 0 fully saturated rings. The van der Waals surface area contributed by atoms with Gasteiger partial charge in [0.05, 0.1) is 16.4 Å². The molecular formula is C6H4BrF3N2. The minimum Gasteiger partial charge on any atom is -0.396 e. The number of nitrogens with two attached hydrogens (primary N) is 1. The quantitative estimate of drug-likeness (QED) is 0.820. The lowest BCUT2D eigenvalue weighted by atomic mass is 10.3. The average molecular weight is 241 g/mol. The van der Waals surface area contributed by atoms with Crippen LogP contribution in [0.5, 0.6) is 0 Å². The van der Waals surface area contributed by atoms with Crippen molar-refractivity contribution in [2.45, 2.75) is 6.43 Å². The summed E-state index contributed by atoms with van der Waals surface area (Å²) in [7, 11) is 0. The third-order valence-electron chi connectivity index (χ3n) is 1.22. The Morgan fingerprint density at radius 1 is 1.50 bits per heavy atom. The van der Waals surface area contributed by atoms with Gasteiger partial charge < -0.3 is 5.73 Å². The Bertz CT molecular complexity index is 303. The maximum absolute atomic E-state index is 12.8. The number of aromatic nitrogens is 1. The van der Waals surface area contributed by atoms with Crippen LogP contribution in [0.25, 0.3) is 0 Å². The van der Waals surface area contributed by atoms with Crippen molar-refractivity contribution < 1.29 is 13.2 Å². The molecule has 0 atom stereocenters. The van der Waals surface area contributed by atoms with Crippen molar-refractivity contribution in [1.82, 2.24) is 4.98 Å². The van der Waals surface area contributed by atoms with Crippen molar-refractivity contribution in [2.75, 3.05) is 5.73 Å². The number of hydrogen-bond donors (Lipinski definition) is 1. The predicted molar refractivity (Wildman–Crippen MR) is 41.3 cm³/mol. The molecular weight excluding hydrogens is 237 g/mol. The average Bonchev–Trinajstić information content (AvgIpc) is 2.00. The number of rotatable bonds is 1. The Balaban J connectivity index is 3.27. The van der Waals surface area contributed by atoms with Gasteiger partial charge in [-0.3, -0.25) is 0 Å². The third kappa shape index (κ3) is 1.52. The van der Waals surface area contributed by atoms with E-state index in [-0.39, 0.29) is 10.2 Å². The molecule has 2 nitrogen and oxygen atoms in total. The second-order valence-corrected chi connectivity index (χ2v) is 2.82. The summed E-state index contributed by atoms with van der Waals surface area (Å²) in [6, 6.07) is 0. The maximum Gasteiger partial charge on any atom is 0.283 e. The van der Waals surface area contributed by atoms with Crippen LogP contribution in [0.1, 0.15) is 12.1 Å². The van der Waals surface area contributed by atoms with E-state index >= 15 is 0 Å². The summed E-state index contributed by atoms with van der Waals surface area (Å²) in [4.78, 5) is 3.16. The number of anilines is 1. The van der Waals surface area contributed by atoms with Crippen LogP contribution in [0.2, 0.25) is 0 Å². The highest BCUT2D eigenvalue weighted by Crippen LogP contribution is 2.28. The smallest absolute Gasteiger partial charge is 0.283 e. The van der Waals surface area contributed by atoms with E-state index in [0.29, 0.717) is 0 Å². The van der Waals surface area contributed by atoms with Crippen molar-refractivity contribution in [2.24, 2.45) is 0 Å². The van der Waals surface area contributed by atoms with Crippen LogP contribution < -0.4 is 5.73 Å². The molecule has 1 aromatic heterocycles. The Kier molecular flexibility index (Phi) is 2.56. The molecule has 0 radical (unpaired) electrons. The Morgan fingerprint density at radius 2 is 2.08 bits per heavy atom. The zero-order valence-electron chi connectivity index (χ0n) is 5.69. The van der Waals surface area contributed by atoms with Gasteiger partial charge in [-0.05, 0) is 15.9 Å². The van der Waals surface area contributed by atoms with Crippen molar-refractivity contribution in [1.29, 1.82) is 0 Å². The molecule has 0 aliphatic rings. The molecule has 0 aliphatic carbocycles. The molecule has 0 saturated carbocycles. The van der Waals surface area contributed by atoms with Gasteiger partial charge in [0.15, 0.2) is 5.82 Å². The Hall–Kier alpha value is -0.780. The van der Waals surface area contributed by atoms with Crippen LogP contribution in [0, 0.1) is 5.82 Å². The van der Waals surface area contributed by atoms with Gasteiger partial charge in [-0.25, -0.2) is 18.2 Å². The molecule has 0 aromatic carbocycles. The number of alkyl halides is 2. The number of nitrogen functional groups attached to an aromatic ring is 1. The molecule has 0 saturated heterocycles. The van der Waals surface area contributed by atoms with Gasteiger partial charge in [0, 0.05) is 0 Å². The monoisotopic (exact) mass is 240 g/mol. The molecule has 2 N–H and O–H groups in total. The van der Waals surface area contributed by atoms with Crippen LogP contribution in [0.4, 0.5) is 18.9 Å². The number of nitrogens with zero attached hydrogens (tertiary/aromatic N) is 1. The van der Waals surface area contributed by atoms with Gasteiger partial charge in [0.2, 0.25) is 0 Å². The molecule has 1 heterocycles. The van der Waals surface area contributed by atoms with Gasteiger partial charge in [-0.15, -0.1) is 0 Å². The SMILES string of the molecule is Nc1cnc(C(F)F)c(F)c1Br. The van der Waals surface area contributed by atoms with Crippen LogP contribution in [-0.4, -0.2) is 4.98 Å². The largest absolute Gasteiger partial charge is 0.396 e. The minimum absolute atomic E-state index is 0.00287. The molecule has 1 aromatic rings. The molecule has 12 heavy (non-hydrogen) atoms. The first kappa shape index (κ1) is 9.31. The predicted octanol–water partition coefficient (Wildman–Crippen LogP) is 2.50. The zero-order chi connectivity index (χ0) is 9.30. The topological polar surface area (TPSA) is 38.9 Å². The van der Waals surface area contributed by atoms with Gasteiger partial charge in [-0.2, -0.15) is 0 Å². The van der Waals surface area contributed by atoms with Crippen molar-refractivity contribution >= 4 is 21.6 Å². The van der Waals surface area contributed by atoms with E-state index in [4.69, 9.17) is 5.73 Å². The maximum atomic E-state index is 12.8. The highest BCUT2D eigenvalue weighted by atomic mass is 79.9. The molecule has 0 amide bonds. The number of pyridine rings is 1. The number of halogens is 4. The minimum atomic E-state index is -2.93. The second kappa shape index (κ2) is 3.30. The normalized spacial score (nSPS) is 10.8. The van der Waals surface area contributed by atoms with Gasteiger partial charge in [0.25, 0.3) is 6.43 Å². The van der Waals surface area contributed by atoms with Crippen LogP contribution in [0.15, 0.2) is 10.7 Å². The second-order valence-electron chi connectivity index (χ2n) is 2.03. The fourth-order valence-electron chi connectivity index (χ4n) is 0.644. The molecule has 1 rings (SSSR count). The molecule has 66 valence electrons. The van der Waals surface area contributed by atoms with E-state index in [1.165, 1.54) is 0 Å². The van der Waals surface area contributed by atoms with Crippen LogP contribution in [-0.2, 0) is 0 Å². The van der Waals surface area contributed by atoms with Crippen LogP contribution in [0.3, 0.4) is 0 Å². The molecule has 0 unspecified atom stereocenters. The summed E-state index contributed by atoms with van der Waals surface area (Å²) in [5.41, 5.74) is 4.30. The number of hydrogen-bond acceptors (Lipinski definition) is 2. The first-order chi connectivity index (χ1) is 5.54. The van der Waals surface area contributed by atoms with Crippen LogP contribution >= 0.6 is 15.9 Å². The first-order valence-corrected chi connectivity index (χ1v) is 3.71. The Morgan fingerprint density at radius 3 is 2.58 bits per heavy atom. The van der Waals surface area contributed by atoms with Gasteiger partial charge in [-0.1, -0.05) is 0 Å². The summed E-state index contributed by atoms with van der Waals surface area (Å²) in [6.45, 7) is 0. The standard InChI is InChI=1S/C6H4BrF3N2/c7-3-2(11)1-12-5(4(3)8)6(9)10/h1,6H,11H2.